The molecular weight excluding hydrogens is 582 g/mol. The lowest BCUT2D eigenvalue weighted by molar-refractivity contribution is -0.384. The lowest BCUT2D eigenvalue weighted by atomic mass is 10.2. The number of aromatic nitrogens is 7. The lowest BCUT2D eigenvalue weighted by Gasteiger charge is -2.12. The lowest BCUT2D eigenvalue weighted by Crippen LogP contribution is -2.12. The van der Waals surface area contributed by atoms with Crippen molar-refractivity contribution in [3.05, 3.63) is 83.2 Å². The molecule has 3 aromatic heterocycles. The largest absolute Gasteiger partial charge is 0.491 e. The van der Waals surface area contributed by atoms with Crippen molar-refractivity contribution in [2.45, 2.75) is 0 Å². The Balaban J connectivity index is 1.36. The third-order valence-corrected chi connectivity index (χ3v) is 6.57. The van der Waals surface area contributed by atoms with E-state index in [4.69, 9.17) is 23.9 Å². The Morgan fingerprint density at radius 3 is 1.76 bits per heavy atom. The van der Waals surface area contributed by atoms with E-state index in [0.717, 1.165) is 11.4 Å². The SMILES string of the molecule is COCCOCCOCCOc1cc(-c2cn(-c3ccc(N(C)C)cc3)nn2)nc(-c2cn(-c3ccc([N+](=O)[O-])cc3)nn2)c1. The number of hydrogen-bond donors (Lipinski definition) is 0. The molecule has 0 spiro atoms. The molecule has 3 heterocycles. The van der Waals surface area contributed by atoms with Gasteiger partial charge in [-0.05, 0) is 36.4 Å². The van der Waals surface area contributed by atoms with Crippen LogP contribution in [0.25, 0.3) is 34.2 Å². The van der Waals surface area contributed by atoms with Crippen LogP contribution >= 0.6 is 0 Å². The van der Waals surface area contributed by atoms with Crippen LogP contribution in [0.4, 0.5) is 11.4 Å². The van der Waals surface area contributed by atoms with Gasteiger partial charge in [0.2, 0.25) is 0 Å². The summed E-state index contributed by atoms with van der Waals surface area (Å²) in [5.41, 5.74) is 4.53. The molecule has 15 nitrogen and oxygen atoms in total. The predicted octanol–water partition coefficient (Wildman–Crippen LogP) is 3.61. The summed E-state index contributed by atoms with van der Waals surface area (Å²) in [5.74, 6) is 0.532. The number of anilines is 1. The quantitative estimate of drug-likeness (QED) is 0.0903. The van der Waals surface area contributed by atoms with Gasteiger partial charge < -0.3 is 23.8 Å². The number of ether oxygens (including phenoxy) is 4. The Hall–Kier alpha value is -5.25. The summed E-state index contributed by atoms with van der Waals surface area (Å²) in [4.78, 5) is 17.4. The fraction of sp³-hybridized carbons (Fsp3) is 0.300. The fourth-order valence-corrected chi connectivity index (χ4v) is 4.18. The summed E-state index contributed by atoms with van der Waals surface area (Å²) in [6.07, 6.45) is 3.48. The maximum Gasteiger partial charge on any atom is 0.269 e. The van der Waals surface area contributed by atoms with Crippen molar-refractivity contribution >= 4 is 11.4 Å². The third-order valence-electron chi connectivity index (χ3n) is 6.57. The number of hydrogen-bond acceptors (Lipinski definition) is 12. The van der Waals surface area contributed by atoms with Gasteiger partial charge in [-0.2, -0.15) is 0 Å². The van der Waals surface area contributed by atoms with Gasteiger partial charge in [-0.3, -0.25) is 10.1 Å². The number of nitrogens with zero attached hydrogens (tertiary/aromatic N) is 9. The van der Waals surface area contributed by atoms with Crippen LogP contribution in [0.5, 0.6) is 5.75 Å². The van der Waals surface area contributed by atoms with Crippen LogP contribution in [0, 0.1) is 10.1 Å². The number of nitro benzene ring substituents is 1. The molecule has 0 atom stereocenters. The van der Waals surface area contributed by atoms with Gasteiger partial charge in [-0.25, -0.2) is 14.3 Å². The number of non-ortho nitro benzene ring substituents is 1. The van der Waals surface area contributed by atoms with E-state index in [9.17, 15) is 10.1 Å². The summed E-state index contributed by atoms with van der Waals surface area (Å²) < 4.78 is 25.2. The first kappa shape index (κ1) is 31.2. The second kappa shape index (κ2) is 15.0. The molecule has 0 saturated carbocycles. The number of rotatable bonds is 16. The Kier molecular flexibility index (Phi) is 10.4. The monoisotopic (exact) mass is 615 g/mol. The second-order valence-electron chi connectivity index (χ2n) is 9.92. The second-order valence-corrected chi connectivity index (χ2v) is 9.92. The van der Waals surface area contributed by atoms with Crippen LogP contribution < -0.4 is 9.64 Å². The first-order chi connectivity index (χ1) is 21.9. The summed E-state index contributed by atoms with van der Waals surface area (Å²) in [6.45, 7) is 2.60. The summed E-state index contributed by atoms with van der Waals surface area (Å²) >= 11 is 0. The zero-order valence-corrected chi connectivity index (χ0v) is 25.1. The minimum Gasteiger partial charge on any atom is -0.491 e. The van der Waals surface area contributed by atoms with Gasteiger partial charge in [0.05, 0.1) is 73.1 Å². The van der Waals surface area contributed by atoms with E-state index in [-0.39, 0.29) is 5.69 Å². The van der Waals surface area contributed by atoms with Crippen LogP contribution in [-0.2, 0) is 14.2 Å². The molecule has 0 bridgehead atoms. The van der Waals surface area contributed by atoms with Crippen molar-refractivity contribution in [3.8, 4) is 39.9 Å². The Morgan fingerprint density at radius 2 is 1.24 bits per heavy atom. The van der Waals surface area contributed by atoms with E-state index in [1.165, 1.54) is 16.8 Å². The van der Waals surface area contributed by atoms with Gasteiger partial charge in [-0.1, -0.05) is 10.4 Å². The van der Waals surface area contributed by atoms with Crippen LogP contribution in [0.3, 0.4) is 0 Å². The van der Waals surface area contributed by atoms with Gasteiger partial charge in [0.25, 0.3) is 5.69 Å². The van der Waals surface area contributed by atoms with Gasteiger partial charge in [0.15, 0.2) is 0 Å². The molecule has 5 rings (SSSR count). The molecule has 0 aliphatic rings. The standard InChI is InChI=1S/C30H33N9O6/c1-36(2)22-4-6-23(7-5-22)37-20-29(32-34-37)27-18-26(45-17-16-44-15-14-43-13-12-42-3)19-28(31-27)30-21-38(35-33-30)24-8-10-25(11-9-24)39(40)41/h4-11,18-21H,12-17H2,1-3H3. The van der Waals surface area contributed by atoms with Gasteiger partial charge in [0.1, 0.15) is 23.7 Å². The highest BCUT2D eigenvalue weighted by Gasteiger charge is 2.15. The Bertz CT molecular complexity index is 1690. The van der Waals surface area contributed by atoms with E-state index in [2.05, 4.69) is 20.6 Å². The molecule has 2 aromatic carbocycles. The zero-order chi connectivity index (χ0) is 31.6. The van der Waals surface area contributed by atoms with Crippen LogP contribution in [0.2, 0.25) is 0 Å². The molecule has 0 amide bonds. The Labute approximate surface area is 259 Å². The maximum absolute atomic E-state index is 11.0. The van der Waals surface area contributed by atoms with E-state index < -0.39 is 4.92 Å². The maximum atomic E-state index is 11.0. The average Bonchev–Trinajstić information content (AvgIpc) is 3.75. The van der Waals surface area contributed by atoms with Crippen molar-refractivity contribution in [3.63, 3.8) is 0 Å². The smallest absolute Gasteiger partial charge is 0.269 e. The van der Waals surface area contributed by atoms with E-state index >= 15 is 0 Å². The molecule has 0 fully saturated rings. The van der Waals surface area contributed by atoms with Crippen LogP contribution in [-0.4, -0.2) is 101 Å². The molecule has 234 valence electrons. The molecule has 0 aliphatic carbocycles. The first-order valence-corrected chi connectivity index (χ1v) is 14.1. The molecule has 0 N–H and O–H groups in total. The normalized spacial score (nSPS) is 11.1. The first-order valence-electron chi connectivity index (χ1n) is 14.1. The molecular formula is C30H33N9O6. The number of nitro groups is 1. The summed E-state index contributed by atoms with van der Waals surface area (Å²) in [7, 11) is 5.59. The van der Waals surface area contributed by atoms with Crippen molar-refractivity contribution in [1.82, 2.24) is 35.0 Å². The molecule has 0 saturated heterocycles. The Morgan fingerprint density at radius 1 is 0.733 bits per heavy atom. The molecule has 45 heavy (non-hydrogen) atoms. The minimum absolute atomic E-state index is 0.0143. The number of pyridine rings is 1. The van der Waals surface area contributed by atoms with Crippen LogP contribution in [0.15, 0.2) is 73.1 Å². The third kappa shape index (κ3) is 8.23. The summed E-state index contributed by atoms with van der Waals surface area (Å²) in [5, 5.41) is 28.2. The van der Waals surface area contributed by atoms with Gasteiger partial charge in [-0.15, -0.1) is 10.2 Å². The number of benzene rings is 2. The topological polar surface area (TPSA) is 158 Å². The molecule has 0 unspecified atom stereocenters. The van der Waals surface area contributed by atoms with Gasteiger partial charge >= 0.3 is 0 Å². The molecule has 5 aromatic rings. The minimum atomic E-state index is -0.454. The van der Waals surface area contributed by atoms with Crippen LogP contribution in [0.1, 0.15) is 0 Å². The van der Waals surface area contributed by atoms with E-state index in [1.807, 2.05) is 43.3 Å². The zero-order valence-electron chi connectivity index (χ0n) is 25.1. The predicted molar refractivity (Wildman–Crippen MR) is 165 cm³/mol. The van der Waals surface area contributed by atoms with Crippen molar-refractivity contribution in [2.24, 2.45) is 0 Å². The van der Waals surface area contributed by atoms with Gasteiger partial charge in [0, 0.05) is 51.2 Å². The highest BCUT2D eigenvalue weighted by atomic mass is 16.6. The molecule has 15 heteroatoms. The molecule has 0 radical (unpaired) electrons. The van der Waals surface area contributed by atoms with Crippen molar-refractivity contribution < 1.29 is 23.9 Å². The van der Waals surface area contributed by atoms with E-state index in [1.54, 1.807) is 48.5 Å². The highest BCUT2D eigenvalue weighted by Crippen LogP contribution is 2.28. The highest BCUT2D eigenvalue weighted by molar-refractivity contribution is 5.64. The molecule has 0 aliphatic heterocycles. The van der Waals surface area contributed by atoms with E-state index in [0.29, 0.717) is 73.9 Å². The fourth-order valence-electron chi connectivity index (χ4n) is 4.18. The summed E-state index contributed by atoms with van der Waals surface area (Å²) in [6, 6.07) is 17.5. The van der Waals surface area contributed by atoms with Crippen molar-refractivity contribution in [1.29, 1.82) is 0 Å². The average molecular weight is 616 g/mol. The van der Waals surface area contributed by atoms with Crippen molar-refractivity contribution in [2.75, 3.05) is 65.7 Å². The number of methoxy groups -OCH3 is 1.